The zero-order valence-corrected chi connectivity index (χ0v) is 12.7. The van der Waals surface area contributed by atoms with Gasteiger partial charge in [0.2, 0.25) is 5.91 Å². The maximum Gasteiger partial charge on any atom is 0.233 e. The Morgan fingerprint density at radius 3 is 3.05 bits per heavy atom. The molecule has 1 amide bonds. The van der Waals surface area contributed by atoms with Gasteiger partial charge in [-0.15, -0.1) is 0 Å². The number of carbonyl (C=O) groups is 2. The highest BCUT2D eigenvalue weighted by Gasteiger charge is 2.28. The molecule has 1 aliphatic heterocycles. The van der Waals surface area contributed by atoms with Gasteiger partial charge in [0.15, 0.2) is 5.16 Å². The van der Waals surface area contributed by atoms with E-state index in [1.807, 2.05) is 35.9 Å². The third-order valence-electron chi connectivity index (χ3n) is 3.85. The summed E-state index contributed by atoms with van der Waals surface area (Å²) in [5, 5.41) is 0.825. The predicted molar refractivity (Wildman–Crippen MR) is 82.2 cm³/mol. The van der Waals surface area contributed by atoms with Crippen LogP contribution >= 0.6 is 11.8 Å². The van der Waals surface area contributed by atoms with Crippen molar-refractivity contribution in [1.29, 1.82) is 0 Å². The normalized spacial score (nSPS) is 18.3. The highest BCUT2D eigenvalue weighted by Crippen LogP contribution is 2.24. The van der Waals surface area contributed by atoms with E-state index in [0.717, 1.165) is 35.3 Å². The van der Waals surface area contributed by atoms with Gasteiger partial charge in [-0.05, 0) is 25.0 Å². The van der Waals surface area contributed by atoms with Crippen molar-refractivity contribution >= 4 is 35.0 Å². The van der Waals surface area contributed by atoms with Gasteiger partial charge in [0.25, 0.3) is 0 Å². The highest BCUT2D eigenvalue weighted by atomic mass is 32.2. The fraction of sp³-hybridized carbons (Fsp3) is 0.400. The molecule has 2 aromatic rings. The minimum atomic E-state index is -0.237. The van der Waals surface area contributed by atoms with Crippen LogP contribution in [0.3, 0.4) is 0 Å². The van der Waals surface area contributed by atoms with Crippen molar-refractivity contribution in [2.45, 2.75) is 24.0 Å². The Hall–Kier alpha value is -1.82. The van der Waals surface area contributed by atoms with Crippen LogP contribution in [0.5, 0.6) is 0 Å². The zero-order valence-electron chi connectivity index (χ0n) is 11.9. The molecule has 1 atom stereocenters. The van der Waals surface area contributed by atoms with E-state index in [1.165, 1.54) is 11.8 Å². The number of rotatable bonds is 4. The monoisotopic (exact) mass is 303 g/mol. The van der Waals surface area contributed by atoms with Crippen LogP contribution in [0.4, 0.5) is 0 Å². The van der Waals surface area contributed by atoms with Gasteiger partial charge in [-0.2, -0.15) is 0 Å². The van der Waals surface area contributed by atoms with Crippen LogP contribution in [0.25, 0.3) is 11.0 Å². The fourth-order valence-corrected chi connectivity index (χ4v) is 3.58. The first-order valence-electron chi connectivity index (χ1n) is 6.99. The number of likely N-dealkylation sites (tertiary alicyclic amines) is 1. The summed E-state index contributed by atoms with van der Waals surface area (Å²) in [7, 11) is 1.95. The van der Waals surface area contributed by atoms with E-state index in [1.54, 1.807) is 4.90 Å². The van der Waals surface area contributed by atoms with Crippen molar-refractivity contribution in [1.82, 2.24) is 14.5 Å². The number of benzene rings is 1. The maximum atomic E-state index is 12.2. The first kappa shape index (κ1) is 14.1. The summed E-state index contributed by atoms with van der Waals surface area (Å²) in [4.78, 5) is 29.4. The molecule has 3 rings (SSSR count). The molecule has 0 unspecified atom stereocenters. The minimum Gasteiger partial charge on any atom is -0.332 e. The van der Waals surface area contributed by atoms with E-state index >= 15 is 0 Å². The third kappa shape index (κ3) is 2.68. The number of para-hydroxylation sites is 2. The van der Waals surface area contributed by atoms with E-state index in [0.29, 0.717) is 12.3 Å². The first-order valence-corrected chi connectivity index (χ1v) is 7.98. The molecular formula is C15H17N3O2S. The lowest BCUT2D eigenvalue weighted by atomic mass is 10.2. The maximum absolute atomic E-state index is 12.2. The van der Waals surface area contributed by atoms with Crippen molar-refractivity contribution in [3.05, 3.63) is 24.3 Å². The Morgan fingerprint density at radius 2 is 2.29 bits per heavy atom. The Morgan fingerprint density at radius 1 is 1.48 bits per heavy atom. The molecule has 0 spiro atoms. The van der Waals surface area contributed by atoms with Crippen LogP contribution in [0.15, 0.2) is 29.4 Å². The average Bonchev–Trinajstić information content (AvgIpc) is 3.10. The van der Waals surface area contributed by atoms with Crippen molar-refractivity contribution in [2.24, 2.45) is 7.05 Å². The standard InChI is InChI=1S/C15H17N3O2S/c1-17-13-7-3-2-6-12(13)16-15(17)21-10-14(20)18-8-4-5-11(18)9-19/h2-3,6-7,9,11H,4-5,8,10H2,1H3/t11-/m0/s1. The summed E-state index contributed by atoms with van der Waals surface area (Å²) in [5.74, 6) is 0.336. The van der Waals surface area contributed by atoms with Gasteiger partial charge in [0.05, 0.1) is 22.8 Å². The second-order valence-corrected chi connectivity index (χ2v) is 6.11. The van der Waals surface area contributed by atoms with E-state index in [2.05, 4.69) is 4.98 Å². The van der Waals surface area contributed by atoms with Crippen molar-refractivity contribution in [3.63, 3.8) is 0 Å². The summed E-state index contributed by atoms with van der Waals surface area (Å²) < 4.78 is 1.99. The molecule has 6 heteroatoms. The van der Waals surface area contributed by atoms with Gasteiger partial charge in [0, 0.05) is 13.6 Å². The molecule has 1 saturated heterocycles. The topological polar surface area (TPSA) is 55.2 Å². The van der Waals surface area contributed by atoms with Crippen LogP contribution < -0.4 is 0 Å². The molecule has 1 fully saturated rings. The molecule has 1 aromatic heterocycles. The van der Waals surface area contributed by atoms with E-state index < -0.39 is 0 Å². The molecule has 0 aliphatic carbocycles. The number of carbonyl (C=O) groups excluding carboxylic acids is 2. The highest BCUT2D eigenvalue weighted by molar-refractivity contribution is 7.99. The number of fused-ring (bicyclic) bond motifs is 1. The van der Waals surface area contributed by atoms with Crippen LogP contribution in [0.2, 0.25) is 0 Å². The smallest absolute Gasteiger partial charge is 0.233 e. The lowest BCUT2D eigenvalue weighted by Crippen LogP contribution is -2.37. The molecule has 0 saturated carbocycles. The van der Waals surface area contributed by atoms with Gasteiger partial charge in [-0.25, -0.2) is 4.98 Å². The number of nitrogens with zero attached hydrogens (tertiary/aromatic N) is 3. The summed E-state index contributed by atoms with van der Waals surface area (Å²) in [6.07, 6.45) is 2.57. The summed E-state index contributed by atoms with van der Waals surface area (Å²) >= 11 is 1.42. The van der Waals surface area contributed by atoms with Crippen molar-refractivity contribution < 1.29 is 9.59 Å². The number of hydrogen-bond acceptors (Lipinski definition) is 4. The van der Waals surface area contributed by atoms with E-state index in [9.17, 15) is 9.59 Å². The number of imidazole rings is 1. The number of aldehydes is 1. The summed E-state index contributed by atoms with van der Waals surface area (Å²) in [5.41, 5.74) is 1.99. The van der Waals surface area contributed by atoms with Crippen LogP contribution in [-0.2, 0) is 16.6 Å². The zero-order chi connectivity index (χ0) is 14.8. The second kappa shape index (κ2) is 5.89. The molecule has 110 valence electrons. The first-order chi connectivity index (χ1) is 10.2. The molecule has 1 aliphatic rings. The number of amides is 1. The Balaban J connectivity index is 1.70. The van der Waals surface area contributed by atoms with Gasteiger partial charge in [-0.3, -0.25) is 4.79 Å². The lowest BCUT2D eigenvalue weighted by Gasteiger charge is -2.19. The largest absolute Gasteiger partial charge is 0.332 e. The number of aromatic nitrogens is 2. The molecule has 21 heavy (non-hydrogen) atoms. The van der Waals surface area contributed by atoms with E-state index in [4.69, 9.17) is 0 Å². The van der Waals surface area contributed by atoms with Gasteiger partial charge >= 0.3 is 0 Å². The number of hydrogen-bond donors (Lipinski definition) is 0. The number of aryl methyl sites for hydroxylation is 1. The molecule has 5 nitrogen and oxygen atoms in total. The van der Waals surface area contributed by atoms with Crippen LogP contribution in [-0.4, -0.2) is 45.0 Å². The molecule has 0 bridgehead atoms. The van der Waals surface area contributed by atoms with Crippen molar-refractivity contribution in [2.75, 3.05) is 12.3 Å². The molecule has 2 heterocycles. The predicted octanol–water partition coefficient (Wildman–Crippen LogP) is 1.86. The quantitative estimate of drug-likeness (QED) is 0.639. The number of thioether (sulfide) groups is 1. The van der Waals surface area contributed by atoms with Crippen LogP contribution in [0, 0.1) is 0 Å². The van der Waals surface area contributed by atoms with Gasteiger partial charge in [0.1, 0.15) is 6.29 Å². The minimum absolute atomic E-state index is 0.0154. The molecule has 1 aromatic carbocycles. The molecule has 0 radical (unpaired) electrons. The third-order valence-corrected chi connectivity index (χ3v) is 4.86. The summed E-state index contributed by atoms with van der Waals surface area (Å²) in [6.45, 7) is 0.686. The lowest BCUT2D eigenvalue weighted by molar-refractivity contribution is -0.131. The Labute approximate surface area is 127 Å². The molecule has 0 N–H and O–H groups in total. The summed E-state index contributed by atoms with van der Waals surface area (Å²) in [6, 6.07) is 7.66. The van der Waals surface area contributed by atoms with Crippen LogP contribution in [0.1, 0.15) is 12.8 Å². The van der Waals surface area contributed by atoms with Gasteiger partial charge < -0.3 is 14.3 Å². The fourth-order valence-electron chi connectivity index (χ4n) is 2.71. The average molecular weight is 303 g/mol. The SMILES string of the molecule is Cn1c(SCC(=O)N2CCC[C@H]2C=O)nc2ccccc21. The molecular weight excluding hydrogens is 286 g/mol. The second-order valence-electron chi connectivity index (χ2n) is 5.16. The van der Waals surface area contributed by atoms with E-state index in [-0.39, 0.29) is 11.9 Å². The Kier molecular flexibility index (Phi) is 3.96. The Bertz CT molecular complexity index is 683. The van der Waals surface area contributed by atoms with Gasteiger partial charge in [-0.1, -0.05) is 23.9 Å². The van der Waals surface area contributed by atoms with Crippen molar-refractivity contribution in [3.8, 4) is 0 Å².